The van der Waals surface area contributed by atoms with Gasteiger partial charge in [0.15, 0.2) is 0 Å². The molecular weight excluding hydrogens is 366 g/mol. The average Bonchev–Trinajstić information content (AvgIpc) is 2.74. The molecule has 0 bridgehead atoms. The first kappa shape index (κ1) is 19.2. The molecule has 1 fully saturated rings. The molecule has 0 unspecified atom stereocenters. The molecule has 29 heavy (non-hydrogen) atoms. The van der Waals surface area contributed by atoms with Gasteiger partial charge in [-0.05, 0) is 54.3 Å². The highest BCUT2D eigenvalue weighted by molar-refractivity contribution is 5.94. The van der Waals surface area contributed by atoms with Crippen LogP contribution in [0.2, 0.25) is 0 Å². The number of methoxy groups -OCH3 is 1. The van der Waals surface area contributed by atoms with Gasteiger partial charge >= 0.3 is 0 Å². The lowest BCUT2D eigenvalue weighted by Gasteiger charge is -2.34. The first-order valence-electron chi connectivity index (χ1n) is 9.82. The van der Waals surface area contributed by atoms with Gasteiger partial charge in [0.1, 0.15) is 5.75 Å². The molecule has 1 amide bonds. The van der Waals surface area contributed by atoms with Crippen LogP contribution >= 0.6 is 0 Å². The number of nitrogens with zero attached hydrogens (tertiary/aromatic N) is 2. The van der Waals surface area contributed by atoms with E-state index in [-0.39, 0.29) is 11.5 Å². The van der Waals surface area contributed by atoms with Gasteiger partial charge in [-0.3, -0.25) is 14.5 Å². The Balaban J connectivity index is 1.40. The third-order valence-electron chi connectivity index (χ3n) is 5.47. The maximum atomic E-state index is 12.7. The summed E-state index contributed by atoms with van der Waals surface area (Å²) in [5.74, 6) is 0.772. The largest absolute Gasteiger partial charge is 0.497 e. The van der Waals surface area contributed by atoms with Crippen LogP contribution < -0.4 is 10.3 Å². The molecule has 0 spiro atoms. The van der Waals surface area contributed by atoms with Crippen molar-refractivity contribution in [2.45, 2.75) is 13.5 Å². The topological polar surface area (TPSA) is 65.6 Å². The summed E-state index contributed by atoms with van der Waals surface area (Å²) in [6, 6.07) is 15.2. The number of benzene rings is 2. The number of nitrogens with one attached hydrogen (secondary N) is 1. The number of aryl methyl sites for hydroxylation is 1. The van der Waals surface area contributed by atoms with Gasteiger partial charge in [-0.25, -0.2) is 0 Å². The molecule has 2 heterocycles. The molecule has 0 radical (unpaired) electrons. The fourth-order valence-electron chi connectivity index (χ4n) is 3.74. The van der Waals surface area contributed by atoms with Crippen LogP contribution in [0.4, 0.5) is 0 Å². The van der Waals surface area contributed by atoms with E-state index < -0.39 is 0 Å². The van der Waals surface area contributed by atoms with Gasteiger partial charge in [-0.2, -0.15) is 0 Å². The molecule has 4 rings (SSSR count). The molecule has 1 aromatic heterocycles. The molecule has 0 atom stereocenters. The van der Waals surface area contributed by atoms with Crippen molar-refractivity contribution in [2.24, 2.45) is 0 Å². The first-order valence-corrected chi connectivity index (χ1v) is 9.82. The number of aromatic nitrogens is 1. The van der Waals surface area contributed by atoms with Crippen molar-refractivity contribution in [1.82, 2.24) is 14.8 Å². The van der Waals surface area contributed by atoms with Crippen LogP contribution in [0.5, 0.6) is 5.75 Å². The van der Waals surface area contributed by atoms with Crippen molar-refractivity contribution in [3.8, 4) is 5.75 Å². The number of hydrogen-bond acceptors (Lipinski definition) is 4. The summed E-state index contributed by atoms with van der Waals surface area (Å²) < 4.78 is 5.15. The number of rotatable bonds is 4. The van der Waals surface area contributed by atoms with Gasteiger partial charge in [-0.1, -0.05) is 12.1 Å². The maximum absolute atomic E-state index is 12.7. The van der Waals surface area contributed by atoms with E-state index in [0.717, 1.165) is 40.9 Å². The first-order chi connectivity index (χ1) is 14.0. The van der Waals surface area contributed by atoms with Crippen molar-refractivity contribution in [3.05, 3.63) is 75.6 Å². The number of H-pyrrole nitrogens is 1. The van der Waals surface area contributed by atoms with Crippen LogP contribution in [0.1, 0.15) is 21.5 Å². The summed E-state index contributed by atoms with van der Waals surface area (Å²) in [5.41, 5.74) is 3.38. The molecule has 6 nitrogen and oxygen atoms in total. The Morgan fingerprint density at radius 3 is 2.45 bits per heavy atom. The molecule has 150 valence electrons. The van der Waals surface area contributed by atoms with Gasteiger partial charge in [0.2, 0.25) is 0 Å². The molecule has 1 aliphatic rings. The van der Waals surface area contributed by atoms with E-state index in [0.29, 0.717) is 25.2 Å². The molecule has 1 N–H and O–H groups in total. The number of ether oxygens (including phenoxy) is 1. The summed E-state index contributed by atoms with van der Waals surface area (Å²) >= 11 is 0. The van der Waals surface area contributed by atoms with Crippen LogP contribution in [-0.2, 0) is 6.54 Å². The third kappa shape index (κ3) is 4.17. The van der Waals surface area contributed by atoms with Crippen molar-refractivity contribution >= 4 is 16.8 Å². The monoisotopic (exact) mass is 391 g/mol. The quantitative estimate of drug-likeness (QED) is 0.743. The van der Waals surface area contributed by atoms with E-state index in [4.69, 9.17) is 4.74 Å². The van der Waals surface area contributed by atoms with Gasteiger partial charge in [0, 0.05) is 49.4 Å². The fraction of sp³-hybridized carbons (Fsp3) is 0.304. The zero-order valence-electron chi connectivity index (χ0n) is 16.8. The standard InChI is InChI=1S/C23H25N3O3/c1-16-3-4-18-14-19(22(27)24-21(18)13-16)15-25-9-11-26(12-10-25)23(28)17-5-7-20(29-2)8-6-17/h3-8,13-14H,9-12,15H2,1-2H3,(H,24,27). The van der Waals surface area contributed by atoms with Crippen LogP contribution in [-0.4, -0.2) is 54.0 Å². The van der Waals surface area contributed by atoms with E-state index in [2.05, 4.69) is 9.88 Å². The van der Waals surface area contributed by atoms with Crippen LogP contribution in [0.15, 0.2) is 53.3 Å². The van der Waals surface area contributed by atoms with Crippen LogP contribution in [0, 0.1) is 6.92 Å². The summed E-state index contributed by atoms with van der Waals surface area (Å²) in [7, 11) is 1.61. The second-order valence-electron chi connectivity index (χ2n) is 7.51. The highest BCUT2D eigenvalue weighted by Crippen LogP contribution is 2.16. The number of pyridine rings is 1. The van der Waals surface area contributed by atoms with E-state index in [9.17, 15) is 9.59 Å². The van der Waals surface area contributed by atoms with E-state index >= 15 is 0 Å². The Labute approximate surface area is 169 Å². The Morgan fingerprint density at radius 2 is 1.76 bits per heavy atom. The Bertz CT molecular complexity index is 1080. The number of fused-ring (bicyclic) bond motifs is 1. The van der Waals surface area contributed by atoms with Crippen molar-refractivity contribution in [2.75, 3.05) is 33.3 Å². The number of piperazine rings is 1. The summed E-state index contributed by atoms with van der Waals surface area (Å²) in [6.45, 7) is 5.38. The fourth-order valence-corrected chi connectivity index (χ4v) is 3.74. The Morgan fingerprint density at radius 1 is 1.03 bits per heavy atom. The predicted molar refractivity (Wildman–Crippen MR) is 113 cm³/mol. The minimum absolute atomic E-state index is 0.0335. The van der Waals surface area contributed by atoms with E-state index in [1.54, 1.807) is 31.4 Å². The Kier molecular flexibility index (Phi) is 5.36. The minimum atomic E-state index is -0.0418. The zero-order chi connectivity index (χ0) is 20.4. The van der Waals surface area contributed by atoms with Gasteiger partial charge < -0.3 is 14.6 Å². The summed E-state index contributed by atoms with van der Waals surface area (Å²) in [6.07, 6.45) is 0. The van der Waals surface area contributed by atoms with Gasteiger partial charge in [-0.15, -0.1) is 0 Å². The van der Waals surface area contributed by atoms with Crippen LogP contribution in [0.25, 0.3) is 10.9 Å². The predicted octanol–water partition coefficient (Wildman–Crippen LogP) is 2.80. The molecule has 1 saturated heterocycles. The van der Waals surface area contributed by atoms with E-state index in [1.807, 2.05) is 36.1 Å². The second-order valence-corrected chi connectivity index (χ2v) is 7.51. The van der Waals surface area contributed by atoms with Gasteiger partial charge in [0.05, 0.1) is 7.11 Å². The number of carbonyl (C=O) groups excluding carboxylic acids is 1. The lowest BCUT2D eigenvalue weighted by atomic mass is 10.1. The van der Waals surface area contributed by atoms with Crippen LogP contribution in [0.3, 0.4) is 0 Å². The summed E-state index contributed by atoms with van der Waals surface area (Å²) in [5, 5.41) is 1.04. The Hall–Kier alpha value is -3.12. The molecule has 3 aromatic rings. The maximum Gasteiger partial charge on any atom is 0.253 e. The molecule has 6 heteroatoms. The molecule has 1 aliphatic heterocycles. The molecular formula is C23H25N3O3. The molecule has 2 aromatic carbocycles. The number of aromatic amines is 1. The SMILES string of the molecule is COc1ccc(C(=O)N2CCN(Cc3cc4ccc(C)cc4[nH]c3=O)CC2)cc1. The van der Waals surface area contributed by atoms with Crippen molar-refractivity contribution in [1.29, 1.82) is 0 Å². The summed E-state index contributed by atoms with van der Waals surface area (Å²) in [4.78, 5) is 32.3. The number of hydrogen-bond donors (Lipinski definition) is 1. The zero-order valence-corrected chi connectivity index (χ0v) is 16.8. The normalized spacial score (nSPS) is 14.9. The van der Waals surface area contributed by atoms with Crippen molar-refractivity contribution in [3.63, 3.8) is 0 Å². The van der Waals surface area contributed by atoms with Gasteiger partial charge in [0.25, 0.3) is 11.5 Å². The smallest absolute Gasteiger partial charge is 0.253 e. The lowest BCUT2D eigenvalue weighted by molar-refractivity contribution is 0.0628. The number of carbonyl (C=O) groups is 1. The highest BCUT2D eigenvalue weighted by Gasteiger charge is 2.22. The molecule has 0 aliphatic carbocycles. The lowest BCUT2D eigenvalue weighted by Crippen LogP contribution is -2.48. The third-order valence-corrected chi connectivity index (χ3v) is 5.47. The molecule has 0 saturated carbocycles. The van der Waals surface area contributed by atoms with Crippen molar-refractivity contribution < 1.29 is 9.53 Å². The van der Waals surface area contributed by atoms with E-state index in [1.165, 1.54) is 0 Å². The average molecular weight is 391 g/mol. The second kappa shape index (κ2) is 8.09. The number of amides is 1. The highest BCUT2D eigenvalue weighted by atomic mass is 16.5. The minimum Gasteiger partial charge on any atom is -0.497 e.